The molecule has 0 saturated carbocycles. The average Bonchev–Trinajstić information content (AvgIpc) is 3.10. The van der Waals surface area contributed by atoms with Gasteiger partial charge in [0.15, 0.2) is 10.3 Å². The number of thioether (sulfide) groups is 2. The van der Waals surface area contributed by atoms with Crippen LogP contribution in [-0.2, 0) is 5.75 Å². The lowest BCUT2D eigenvalue weighted by molar-refractivity contribution is 0.340. The molecule has 0 N–H and O–H groups in total. The Morgan fingerprint density at radius 2 is 1.81 bits per heavy atom. The highest BCUT2D eigenvalue weighted by Gasteiger charge is 2.17. The van der Waals surface area contributed by atoms with Gasteiger partial charge in [-0.2, -0.15) is 0 Å². The fraction of sp³-hybridized carbons (Fsp3) is 0.368. The molecule has 0 aliphatic heterocycles. The molecule has 3 aromatic rings. The Morgan fingerprint density at radius 3 is 2.48 bits per heavy atom. The Kier molecular flexibility index (Phi) is 7.11. The fourth-order valence-electron chi connectivity index (χ4n) is 2.34. The molecule has 0 amide bonds. The third-order valence-electron chi connectivity index (χ3n) is 3.86. The van der Waals surface area contributed by atoms with Crippen LogP contribution in [0.4, 0.5) is 0 Å². The molecule has 142 valence electrons. The zero-order chi connectivity index (χ0) is 19.1. The van der Waals surface area contributed by atoms with E-state index in [1.165, 1.54) is 0 Å². The van der Waals surface area contributed by atoms with Crippen LogP contribution in [0.5, 0.6) is 5.75 Å². The van der Waals surface area contributed by atoms with Gasteiger partial charge in [-0.1, -0.05) is 37.4 Å². The second-order valence-corrected chi connectivity index (χ2v) is 8.17. The van der Waals surface area contributed by atoms with Crippen LogP contribution in [0.25, 0.3) is 5.69 Å². The predicted octanol–water partition coefficient (Wildman–Crippen LogP) is 4.64. The van der Waals surface area contributed by atoms with Crippen molar-refractivity contribution in [2.75, 3.05) is 6.61 Å². The van der Waals surface area contributed by atoms with Crippen molar-refractivity contribution in [2.45, 2.75) is 48.5 Å². The second kappa shape index (κ2) is 9.75. The number of benzene rings is 1. The van der Waals surface area contributed by atoms with Gasteiger partial charge < -0.3 is 4.74 Å². The molecule has 0 saturated heterocycles. The molecule has 0 unspecified atom stereocenters. The third-order valence-corrected chi connectivity index (χ3v) is 5.94. The minimum atomic E-state index is 0.466. The molecule has 6 nitrogen and oxygen atoms in total. The summed E-state index contributed by atoms with van der Waals surface area (Å²) in [5.41, 5.74) is 1.03. The van der Waals surface area contributed by atoms with E-state index >= 15 is 0 Å². The monoisotopic (exact) mass is 401 g/mol. The van der Waals surface area contributed by atoms with Crippen molar-refractivity contribution in [2.24, 2.45) is 0 Å². The van der Waals surface area contributed by atoms with Crippen molar-refractivity contribution in [3.05, 3.63) is 48.5 Å². The Balaban J connectivity index is 1.88. The number of hydrogen-bond acceptors (Lipinski definition) is 7. The summed E-state index contributed by atoms with van der Waals surface area (Å²) in [6.45, 7) is 7.02. The highest BCUT2D eigenvalue weighted by molar-refractivity contribution is 7.99. The molecule has 3 rings (SSSR count). The van der Waals surface area contributed by atoms with E-state index in [-0.39, 0.29) is 0 Å². The van der Waals surface area contributed by atoms with Gasteiger partial charge in [0.05, 0.1) is 12.4 Å². The van der Waals surface area contributed by atoms with E-state index < -0.39 is 0 Å². The molecule has 27 heavy (non-hydrogen) atoms. The van der Waals surface area contributed by atoms with Crippen LogP contribution >= 0.6 is 23.5 Å². The van der Waals surface area contributed by atoms with Crippen molar-refractivity contribution >= 4 is 23.5 Å². The number of rotatable bonds is 9. The zero-order valence-electron chi connectivity index (χ0n) is 15.7. The summed E-state index contributed by atoms with van der Waals surface area (Å²) in [6, 6.07) is 9.86. The minimum Gasteiger partial charge on any atom is -0.494 e. The van der Waals surface area contributed by atoms with E-state index in [0.717, 1.165) is 34.0 Å². The van der Waals surface area contributed by atoms with Crippen molar-refractivity contribution in [1.29, 1.82) is 0 Å². The van der Waals surface area contributed by atoms with Gasteiger partial charge in [0.1, 0.15) is 11.6 Å². The van der Waals surface area contributed by atoms with Gasteiger partial charge in [-0.15, -0.1) is 10.2 Å². The lowest BCUT2D eigenvalue weighted by Crippen LogP contribution is -2.04. The predicted molar refractivity (Wildman–Crippen MR) is 110 cm³/mol. The lowest BCUT2D eigenvalue weighted by Gasteiger charge is -2.13. The highest BCUT2D eigenvalue weighted by atomic mass is 32.2. The molecule has 0 fully saturated rings. The smallest absolute Gasteiger partial charge is 0.196 e. The maximum atomic E-state index is 5.56. The Morgan fingerprint density at radius 1 is 1.07 bits per heavy atom. The van der Waals surface area contributed by atoms with E-state index in [1.807, 2.05) is 37.3 Å². The summed E-state index contributed by atoms with van der Waals surface area (Å²) in [5, 5.41) is 11.0. The van der Waals surface area contributed by atoms with Gasteiger partial charge >= 0.3 is 0 Å². The first-order chi connectivity index (χ1) is 13.2. The molecular weight excluding hydrogens is 378 g/mol. The van der Waals surface area contributed by atoms with Crippen LogP contribution in [0.2, 0.25) is 0 Å². The van der Waals surface area contributed by atoms with E-state index in [0.29, 0.717) is 17.6 Å². The van der Waals surface area contributed by atoms with Crippen LogP contribution in [0, 0.1) is 0 Å². The van der Waals surface area contributed by atoms with Crippen molar-refractivity contribution < 1.29 is 4.74 Å². The normalized spacial score (nSPS) is 12.1. The van der Waals surface area contributed by atoms with Crippen LogP contribution in [0.1, 0.15) is 33.0 Å². The Labute approximate surface area is 168 Å². The summed E-state index contributed by atoms with van der Waals surface area (Å²) >= 11 is 3.29. The van der Waals surface area contributed by atoms with Gasteiger partial charge in [-0.3, -0.25) is 4.57 Å². The summed E-state index contributed by atoms with van der Waals surface area (Å²) < 4.78 is 7.67. The standard InChI is InChI=1S/C19H23N5OS2/c1-4-14(3)27-19-23-22-17(13-26-18-20-11-6-12-21-18)24(19)15-7-9-16(10-8-15)25-5-2/h6-12,14H,4-5,13H2,1-3H3/t14-/m1/s1. The van der Waals surface area contributed by atoms with Crippen LogP contribution in [0.15, 0.2) is 53.0 Å². The summed E-state index contributed by atoms with van der Waals surface area (Å²) in [7, 11) is 0. The molecule has 0 spiro atoms. The molecular formula is C19H23N5OS2. The number of aromatic nitrogens is 5. The van der Waals surface area contributed by atoms with Gasteiger partial charge in [-0.25, -0.2) is 9.97 Å². The highest BCUT2D eigenvalue weighted by Crippen LogP contribution is 2.29. The third kappa shape index (κ3) is 5.23. The molecule has 2 heterocycles. The molecule has 0 aliphatic rings. The quantitative estimate of drug-likeness (QED) is 0.382. The molecule has 1 atom stereocenters. The van der Waals surface area contributed by atoms with Gasteiger partial charge in [0, 0.05) is 23.3 Å². The largest absolute Gasteiger partial charge is 0.494 e. The Bertz CT molecular complexity index is 839. The molecule has 1 aromatic carbocycles. The number of ether oxygens (including phenoxy) is 1. The first kappa shape index (κ1) is 19.7. The molecule has 0 radical (unpaired) electrons. The molecule has 0 aliphatic carbocycles. The maximum Gasteiger partial charge on any atom is 0.196 e. The van der Waals surface area contributed by atoms with Gasteiger partial charge in [-0.05, 0) is 43.7 Å². The van der Waals surface area contributed by atoms with Gasteiger partial charge in [0.2, 0.25) is 0 Å². The Hall–Kier alpha value is -2.06. The first-order valence-corrected chi connectivity index (χ1v) is 10.8. The fourth-order valence-corrected chi connectivity index (χ4v) is 3.99. The topological polar surface area (TPSA) is 65.7 Å². The van der Waals surface area contributed by atoms with Gasteiger partial charge in [0.25, 0.3) is 0 Å². The molecule has 8 heteroatoms. The van der Waals surface area contributed by atoms with Crippen LogP contribution in [-0.4, -0.2) is 36.6 Å². The summed E-state index contributed by atoms with van der Waals surface area (Å²) in [5.74, 6) is 2.38. The van der Waals surface area contributed by atoms with Crippen molar-refractivity contribution in [1.82, 2.24) is 24.7 Å². The van der Waals surface area contributed by atoms with E-state index in [4.69, 9.17) is 4.74 Å². The van der Waals surface area contributed by atoms with Crippen LogP contribution in [0.3, 0.4) is 0 Å². The second-order valence-electron chi connectivity index (χ2n) is 5.82. The first-order valence-electron chi connectivity index (χ1n) is 8.95. The maximum absolute atomic E-state index is 5.56. The van der Waals surface area contributed by atoms with Crippen molar-refractivity contribution in [3.63, 3.8) is 0 Å². The SMILES string of the molecule is CCOc1ccc(-n2c(CSc3ncccn3)nnc2S[C@H](C)CC)cc1. The summed E-state index contributed by atoms with van der Waals surface area (Å²) in [6.07, 6.45) is 4.57. The summed E-state index contributed by atoms with van der Waals surface area (Å²) in [4.78, 5) is 8.54. The number of hydrogen-bond donors (Lipinski definition) is 0. The minimum absolute atomic E-state index is 0.466. The lowest BCUT2D eigenvalue weighted by atomic mass is 10.3. The molecule has 0 bridgehead atoms. The zero-order valence-corrected chi connectivity index (χ0v) is 17.3. The average molecular weight is 402 g/mol. The molecule has 2 aromatic heterocycles. The number of nitrogens with zero attached hydrogens (tertiary/aromatic N) is 5. The van der Waals surface area contributed by atoms with Crippen molar-refractivity contribution in [3.8, 4) is 11.4 Å². The van der Waals surface area contributed by atoms with E-state index in [2.05, 4.69) is 38.6 Å². The van der Waals surface area contributed by atoms with Crippen LogP contribution < -0.4 is 4.74 Å². The van der Waals surface area contributed by atoms with E-state index in [9.17, 15) is 0 Å². The van der Waals surface area contributed by atoms with E-state index in [1.54, 1.807) is 35.9 Å².